The second-order valence-corrected chi connectivity index (χ2v) is 4.09. The lowest BCUT2D eigenvalue weighted by Gasteiger charge is -2.07. The van der Waals surface area contributed by atoms with E-state index >= 15 is 0 Å². The van der Waals surface area contributed by atoms with E-state index in [4.69, 9.17) is 0 Å². The van der Waals surface area contributed by atoms with Crippen molar-refractivity contribution in [3.63, 3.8) is 0 Å². The third-order valence-corrected chi connectivity index (χ3v) is 3.39. The summed E-state index contributed by atoms with van der Waals surface area (Å²) in [5, 5.41) is 5.46. The predicted molar refractivity (Wildman–Crippen MR) is 49.3 cm³/mol. The van der Waals surface area contributed by atoms with Crippen LogP contribution >= 0.6 is 11.3 Å². The highest BCUT2D eigenvalue weighted by atomic mass is 32.1. The van der Waals surface area contributed by atoms with Gasteiger partial charge in [0, 0.05) is 11.4 Å². The Bertz CT molecular complexity index is 241. The number of rotatable bonds is 2. The molecular weight excluding hydrogens is 154 g/mol. The van der Waals surface area contributed by atoms with Gasteiger partial charge in [-0.1, -0.05) is 0 Å². The van der Waals surface area contributed by atoms with Crippen molar-refractivity contribution in [2.45, 2.75) is 18.8 Å². The monoisotopic (exact) mass is 167 g/mol. The summed E-state index contributed by atoms with van der Waals surface area (Å²) in [4.78, 5) is 1.62. The van der Waals surface area contributed by atoms with Crippen LogP contribution < -0.4 is 5.32 Å². The number of hydrogen-bond acceptors (Lipinski definition) is 2. The van der Waals surface area contributed by atoms with Gasteiger partial charge in [-0.2, -0.15) is 0 Å². The Balaban J connectivity index is 2.18. The van der Waals surface area contributed by atoms with E-state index in [2.05, 4.69) is 16.8 Å². The van der Waals surface area contributed by atoms with Crippen LogP contribution in [-0.4, -0.2) is 13.6 Å². The molecule has 11 heavy (non-hydrogen) atoms. The number of fused-ring (bicyclic) bond motifs is 1. The van der Waals surface area contributed by atoms with Gasteiger partial charge in [-0.15, -0.1) is 11.3 Å². The molecule has 1 heterocycles. The van der Waals surface area contributed by atoms with E-state index in [1.165, 1.54) is 12.8 Å². The van der Waals surface area contributed by atoms with Gasteiger partial charge >= 0.3 is 0 Å². The molecule has 60 valence electrons. The normalized spacial score (nSPS) is 22.1. The minimum absolute atomic E-state index is 0.793. The molecule has 0 spiro atoms. The second kappa shape index (κ2) is 2.95. The fourth-order valence-electron chi connectivity index (χ4n) is 1.84. The van der Waals surface area contributed by atoms with Crippen LogP contribution in [0.1, 0.15) is 22.8 Å². The third-order valence-electron chi connectivity index (χ3n) is 2.39. The summed E-state index contributed by atoms with van der Waals surface area (Å²) in [7, 11) is 2.03. The Kier molecular flexibility index (Phi) is 1.96. The van der Waals surface area contributed by atoms with Crippen LogP contribution in [0.2, 0.25) is 0 Å². The highest BCUT2D eigenvalue weighted by molar-refractivity contribution is 7.10. The van der Waals surface area contributed by atoms with Crippen molar-refractivity contribution in [3.8, 4) is 0 Å². The van der Waals surface area contributed by atoms with Crippen molar-refractivity contribution >= 4 is 11.3 Å². The number of hydrogen-bond donors (Lipinski definition) is 1. The van der Waals surface area contributed by atoms with Gasteiger partial charge in [-0.3, -0.25) is 0 Å². The maximum Gasteiger partial charge on any atom is 0.00807 e. The quantitative estimate of drug-likeness (QED) is 0.710. The fraction of sp³-hybridized carbons (Fsp3) is 0.556. The Morgan fingerprint density at radius 2 is 2.64 bits per heavy atom. The van der Waals surface area contributed by atoms with Crippen molar-refractivity contribution < 1.29 is 0 Å². The van der Waals surface area contributed by atoms with Crippen LogP contribution in [0.3, 0.4) is 0 Å². The molecule has 0 aliphatic heterocycles. The molecule has 0 amide bonds. The first kappa shape index (κ1) is 7.32. The summed E-state index contributed by atoms with van der Waals surface area (Å²) in [6.07, 6.45) is 2.65. The summed E-state index contributed by atoms with van der Waals surface area (Å²) in [6, 6.07) is 2.29. The molecule has 0 fully saturated rings. The SMILES string of the molecule is CNCC1CCc2sccc21. The van der Waals surface area contributed by atoms with Crippen LogP contribution in [0, 0.1) is 0 Å². The van der Waals surface area contributed by atoms with Crippen molar-refractivity contribution in [2.24, 2.45) is 0 Å². The van der Waals surface area contributed by atoms with Crippen molar-refractivity contribution in [1.29, 1.82) is 0 Å². The number of likely N-dealkylation sites (N-methyl/N-ethyl adjacent to an activating group) is 1. The summed E-state index contributed by atoms with van der Waals surface area (Å²) in [5.41, 5.74) is 1.60. The Labute approximate surface area is 71.4 Å². The Hall–Kier alpha value is -0.340. The number of aryl methyl sites for hydroxylation is 1. The molecule has 0 radical (unpaired) electrons. The minimum atomic E-state index is 0.793. The lowest BCUT2D eigenvalue weighted by Crippen LogP contribution is -2.14. The van der Waals surface area contributed by atoms with Gasteiger partial charge in [0.05, 0.1) is 0 Å². The standard InChI is InChI=1S/C9H13NS/c1-10-6-7-2-3-9-8(7)4-5-11-9/h4-5,7,10H,2-3,6H2,1H3. The highest BCUT2D eigenvalue weighted by Crippen LogP contribution is 2.35. The summed E-state index contributed by atoms with van der Waals surface area (Å²) in [6.45, 7) is 1.14. The number of thiophene rings is 1. The predicted octanol–water partition coefficient (Wildman–Crippen LogP) is 2.00. The van der Waals surface area contributed by atoms with E-state index in [1.807, 2.05) is 18.4 Å². The molecule has 1 N–H and O–H groups in total. The molecule has 0 aromatic carbocycles. The lowest BCUT2D eigenvalue weighted by atomic mass is 10.0. The Morgan fingerprint density at radius 3 is 3.45 bits per heavy atom. The average molecular weight is 167 g/mol. The molecule has 2 rings (SSSR count). The van der Waals surface area contributed by atoms with E-state index in [-0.39, 0.29) is 0 Å². The van der Waals surface area contributed by atoms with Gasteiger partial charge in [0.2, 0.25) is 0 Å². The first-order chi connectivity index (χ1) is 5.42. The average Bonchev–Trinajstić information content (AvgIpc) is 2.53. The van der Waals surface area contributed by atoms with Crippen molar-refractivity contribution in [1.82, 2.24) is 5.32 Å². The first-order valence-corrected chi connectivity index (χ1v) is 5.00. The van der Waals surface area contributed by atoms with Gasteiger partial charge in [-0.25, -0.2) is 0 Å². The molecular formula is C9H13NS. The van der Waals surface area contributed by atoms with E-state index in [9.17, 15) is 0 Å². The van der Waals surface area contributed by atoms with Gasteiger partial charge < -0.3 is 5.32 Å². The summed E-state index contributed by atoms with van der Waals surface area (Å²) >= 11 is 1.91. The lowest BCUT2D eigenvalue weighted by molar-refractivity contribution is 0.623. The number of nitrogens with one attached hydrogen (secondary N) is 1. The van der Waals surface area contributed by atoms with Gasteiger partial charge in [0.25, 0.3) is 0 Å². The molecule has 1 unspecified atom stereocenters. The minimum Gasteiger partial charge on any atom is -0.319 e. The largest absolute Gasteiger partial charge is 0.319 e. The summed E-state index contributed by atoms with van der Waals surface area (Å²) in [5.74, 6) is 0.793. The first-order valence-electron chi connectivity index (χ1n) is 4.12. The van der Waals surface area contributed by atoms with E-state index < -0.39 is 0 Å². The van der Waals surface area contributed by atoms with E-state index in [1.54, 1.807) is 10.4 Å². The summed E-state index contributed by atoms with van der Waals surface area (Å²) < 4.78 is 0. The van der Waals surface area contributed by atoms with E-state index in [0.29, 0.717) is 0 Å². The molecule has 0 saturated carbocycles. The zero-order valence-corrected chi connectivity index (χ0v) is 7.58. The molecule has 1 aliphatic rings. The maximum atomic E-state index is 3.24. The van der Waals surface area contributed by atoms with Crippen LogP contribution in [0.4, 0.5) is 0 Å². The molecule has 1 atom stereocenters. The van der Waals surface area contributed by atoms with Gasteiger partial charge in [-0.05, 0) is 42.8 Å². The van der Waals surface area contributed by atoms with E-state index in [0.717, 1.165) is 12.5 Å². The molecule has 1 aromatic heterocycles. The van der Waals surface area contributed by atoms with Gasteiger partial charge in [0.15, 0.2) is 0 Å². The zero-order valence-electron chi connectivity index (χ0n) is 6.76. The van der Waals surface area contributed by atoms with Gasteiger partial charge in [0.1, 0.15) is 0 Å². The van der Waals surface area contributed by atoms with Crippen molar-refractivity contribution in [3.05, 3.63) is 21.9 Å². The molecule has 0 bridgehead atoms. The smallest absolute Gasteiger partial charge is 0.00807 e. The molecule has 0 saturated heterocycles. The van der Waals surface area contributed by atoms with Crippen LogP contribution in [-0.2, 0) is 6.42 Å². The second-order valence-electron chi connectivity index (χ2n) is 3.09. The van der Waals surface area contributed by atoms with Crippen LogP contribution in [0.25, 0.3) is 0 Å². The third kappa shape index (κ3) is 1.21. The molecule has 1 aromatic rings. The Morgan fingerprint density at radius 1 is 1.73 bits per heavy atom. The molecule has 1 aliphatic carbocycles. The molecule has 1 nitrogen and oxygen atoms in total. The molecule has 2 heteroatoms. The van der Waals surface area contributed by atoms with Crippen LogP contribution in [0.5, 0.6) is 0 Å². The topological polar surface area (TPSA) is 12.0 Å². The zero-order chi connectivity index (χ0) is 7.68. The maximum absolute atomic E-state index is 3.24. The highest BCUT2D eigenvalue weighted by Gasteiger charge is 2.22. The van der Waals surface area contributed by atoms with Crippen LogP contribution in [0.15, 0.2) is 11.4 Å². The van der Waals surface area contributed by atoms with Crippen molar-refractivity contribution in [2.75, 3.05) is 13.6 Å². The fourth-order valence-corrected chi connectivity index (χ4v) is 2.82.